The van der Waals surface area contributed by atoms with E-state index < -0.39 is 0 Å². The van der Waals surface area contributed by atoms with Gasteiger partial charge < -0.3 is 5.32 Å². The van der Waals surface area contributed by atoms with E-state index >= 15 is 0 Å². The lowest BCUT2D eigenvalue weighted by molar-refractivity contribution is 0.624. The molecule has 0 saturated heterocycles. The molecule has 1 N–H and O–H groups in total. The quantitative estimate of drug-likeness (QED) is 0.598. The van der Waals surface area contributed by atoms with Gasteiger partial charge in [-0.1, -0.05) is 43.3 Å². The summed E-state index contributed by atoms with van der Waals surface area (Å²) in [6.07, 6.45) is 0.968. The van der Waals surface area contributed by atoms with Crippen LogP contribution in [0, 0.1) is 5.82 Å². The number of nitrogens with zero attached hydrogens (tertiary/aromatic N) is 5. The van der Waals surface area contributed by atoms with E-state index in [9.17, 15) is 4.39 Å². The van der Waals surface area contributed by atoms with Crippen molar-refractivity contribution in [1.82, 2.24) is 25.3 Å². The number of nitrogens with one attached hydrogen (secondary N) is 1. The van der Waals surface area contributed by atoms with Crippen LogP contribution in [0.15, 0.2) is 60.7 Å². The molecule has 0 bridgehead atoms. The summed E-state index contributed by atoms with van der Waals surface area (Å²) in [7, 11) is 0. The highest BCUT2D eigenvalue weighted by molar-refractivity contribution is 5.47. The molecule has 1 atom stereocenters. The fourth-order valence-corrected chi connectivity index (χ4v) is 2.87. The third-order valence-electron chi connectivity index (χ3n) is 4.27. The third kappa shape index (κ3) is 3.23. The van der Waals surface area contributed by atoms with E-state index in [1.165, 1.54) is 22.3 Å². The van der Waals surface area contributed by atoms with Crippen LogP contribution in [-0.4, -0.2) is 25.3 Å². The minimum Gasteiger partial charge on any atom is -0.358 e. The van der Waals surface area contributed by atoms with E-state index in [0.717, 1.165) is 17.5 Å². The Labute approximate surface area is 149 Å². The summed E-state index contributed by atoms with van der Waals surface area (Å²) < 4.78 is 15.1. The molecule has 0 fully saturated rings. The summed E-state index contributed by atoms with van der Waals surface area (Å²) in [6, 6.07) is 18.2. The number of rotatable bonds is 5. The van der Waals surface area contributed by atoms with Gasteiger partial charge >= 0.3 is 0 Å². The van der Waals surface area contributed by atoms with E-state index in [0.29, 0.717) is 11.5 Å². The second-order valence-corrected chi connectivity index (χ2v) is 5.97. The first kappa shape index (κ1) is 16.1. The summed E-state index contributed by atoms with van der Waals surface area (Å²) >= 11 is 0. The summed E-state index contributed by atoms with van der Waals surface area (Å²) in [4.78, 5) is 0. The van der Waals surface area contributed by atoms with Gasteiger partial charge in [-0.3, -0.25) is 0 Å². The van der Waals surface area contributed by atoms with E-state index in [4.69, 9.17) is 0 Å². The van der Waals surface area contributed by atoms with E-state index in [-0.39, 0.29) is 11.9 Å². The van der Waals surface area contributed by atoms with Gasteiger partial charge in [0.15, 0.2) is 5.65 Å². The van der Waals surface area contributed by atoms with Crippen molar-refractivity contribution in [3.63, 3.8) is 0 Å². The molecule has 4 aromatic rings. The summed E-state index contributed by atoms with van der Waals surface area (Å²) in [5, 5.41) is 19.0. The zero-order valence-corrected chi connectivity index (χ0v) is 14.2. The van der Waals surface area contributed by atoms with Crippen LogP contribution >= 0.6 is 0 Å². The minimum absolute atomic E-state index is 0.252. The summed E-state index contributed by atoms with van der Waals surface area (Å²) in [6.45, 7) is 2.11. The maximum atomic E-state index is 13.8. The SMILES string of the molecule is CCc1ccc([C@H](Nc2ccc3nnnn3n2)c2cccc(F)c2)cc1. The molecule has 0 spiro atoms. The maximum Gasteiger partial charge on any atom is 0.200 e. The van der Waals surface area contributed by atoms with Crippen LogP contribution in [0.1, 0.15) is 29.7 Å². The van der Waals surface area contributed by atoms with Gasteiger partial charge in [0, 0.05) is 0 Å². The van der Waals surface area contributed by atoms with Crippen molar-refractivity contribution in [1.29, 1.82) is 0 Å². The highest BCUT2D eigenvalue weighted by Gasteiger charge is 2.16. The number of aromatic nitrogens is 5. The molecule has 0 saturated carbocycles. The van der Waals surface area contributed by atoms with Gasteiger partial charge in [-0.25, -0.2) is 4.39 Å². The Balaban J connectivity index is 1.73. The molecule has 4 rings (SSSR count). The topological polar surface area (TPSA) is 68.0 Å². The van der Waals surface area contributed by atoms with Crippen molar-refractivity contribution in [3.05, 3.63) is 83.2 Å². The van der Waals surface area contributed by atoms with Crippen LogP contribution in [-0.2, 0) is 6.42 Å². The van der Waals surface area contributed by atoms with Crippen molar-refractivity contribution in [2.24, 2.45) is 0 Å². The fraction of sp³-hybridized carbons (Fsp3) is 0.158. The van der Waals surface area contributed by atoms with E-state index in [1.807, 2.05) is 6.07 Å². The number of tetrazole rings is 1. The van der Waals surface area contributed by atoms with E-state index in [2.05, 4.69) is 57.1 Å². The Hall–Kier alpha value is -3.35. The molecule has 130 valence electrons. The molecule has 0 aliphatic rings. The minimum atomic E-state index is -0.275. The molecular formula is C19H17FN6. The van der Waals surface area contributed by atoms with Crippen LogP contribution in [0.3, 0.4) is 0 Å². The highest BCUT2D eigenvalue weighted by Crippen LogP contribution is 2.27. The molecule has 2 aromatic carbocycles. The molecule has 7 heteroatoms. The monoisotopic (exact) mass is 348 g/mol. The van der Waals surface area contributed by atoms with Crippen LogP contribution in [0.25, 0.3) is 5.65 Å². The van der Waals surface area contributed by atoms with E-state index in [1.54, 1.807) is 18.2 Å². The van der Waals surface area contributed by atoms with Gasteiger partial charge in [0.2, 0.25) is 0 Å². The van der Waals surface area contributed by atoms with Gasteiger partial charge in [-0.15, -0.1) is 14.8 Å². The lowest BCUT2D eigenvalue weighted by Gasteiger charge is -2.20. The number of fused-ring (bicyclic) bond motifs is 1. The van der Waals surface area contributed by atoms with Crippen molar-refractivity contribution in [2.45, 2.75) is 19.4 Å². The smallest absolute Gasteiger partial charge is 0.200 e. The second-order valence-electron chi connectivity index (χ2n) is 5.97. The normalized spacial score (nSPS) is 12.2. The molecule has 2 aromatic heterocycles. The van der Waals surface area contributed by atoms with Crippen molar-refractivity contribution >= 4 is 11.5 Å². The lowest BCUT2D eigenvalue weighted by atomic mass is 9.97. The molecule has 0 aliphatic carbocycles. The second kappa shape index (κ2) is 6.87. The van der Waals surface area contributed by atoms with Gasteiger partial charge in [-0.05, 0) is 57.8 Å². The zero-order valence-electron chi connectivity index (χ0n) is 14.2. The largest absolute Gasteiger partial charge is 0.358 e. The van der Waals surface area contributed by atoms with Gasteiger partial charge in [0.25, 0.3) is 0 Å². The fourth-order valence-electron chi connectivity index (χ4n) is 2.87. The number of halogens is 1. The number of hydrogen-bond donors (Lipinski definition) is 1. The lowest BCUT2D eigenvalue weighted by Crippen LogP contribution is -2.14. The summed E-state index contributed by atoms with van der Waals surface area (Å²) in [5.41, 5.74) is 3.64. The van der Waals surface area contributed by atoms with Crippen LogP contribution in [0.2, 0.25) is 0 Å². The Kier molecular flexibility index (Phi) is 4.27. The molecule has 0 aliphatic heterocycles. The van der Waals surface area contributed by atoms with Gasteiger partial charge in [0.05, 0.1) is 6.04 Å². The van der Waals surface area contributed by atoms with Crippen molar-refractivity contribution < 1.29 is 4.39 Å². The average Bonchev–Trinajstić information content (AvgIpc) is 3.14. The molecule has 0 radical (unpaired) electrons. The third-order valence-corrected chi connectivity index (χ3v) is 4.27. The summed E-state index contributed by atoms with van der Waals surface area (Å²) in [5.74, 6) is 0.321. The average molecular weight is 348 g/mol. The molecule has 0 amide bonds. The number of benzene rings is 2. The predicted octanol–water partition coefficient (Wildman–Crippen LogP) is 3.42. The maximum absolute atomic E-state index is 13.8. The van der Waals surface area contributed by atoms with Gasteiger partial charge in [-0.2, -0.15) is 0 Å². The number of hydrogen-bond acceptors (Lipinski definition) is 5. The molecule has 26 heavy (non-hydrogen) atoms. The Morgan fingerprint density at radius 2 is 1.88 bits per heavy atom. The standard InChI is InChI=1S/C19H17FN6/c1-2-13-6-8-14(9-7-13)19(15-4-3-5-16(20)12-15)21-17-10-11-18-22-24-25-26(18)23-17/h3-12,19H,2H2,1H3,(H,21,23)/t19-/m0/s1. The number of aryl methyl sites for hydroxylation is 1. The van der Waals surface area contributed by atoms with Crippen molar-refractivity contribution in [2.75, 3.05) is 5.32 Å². The first-order chi connectivity index (χ1) is 12.7. The predicted molar refractivity (Wildman–Crippen MR) is 96.3 cm³/mol. The zero-order chi connectivity index (χ0) is 17.9. The molecule has 6 nitrogen and oxygen atoms in total. The van der Waals surface area contributed by atoms with Crippen LogP contribution < -0.4 is 5.32 Å². The van der Waals surface area contributed by atoms with Crippen LogP contribution in [0.4, 0.5) is 10.2 Å². The Morgan fingerprint density at radius 1 is 1.04 bits per heavy atom. The highest BCUT2D eigenvalue weighted by atomic mass is 19.1. The Morgan fingerprint density at radius 3 is 2.65 bits per heavy atom. The molecular weight excluding hydrogens is 331 g/mol. The Bertz CT molecular complexity index is 1030. The van der Waals surface area contributed by atoms with Crippen LogP contribution in [0.5, 0.6) is 0 Å². The van der Waals surface area contributed by atoms with Gasteiger partial charge in [0.1, 0.15) is 11.6 Å². The first-order valence-electron chi connectivity index (χ1n) is 8.39. The number of anilines is 1. The molecule has 2 heterocycles. The first-order valence-corrected chi connectivity index (χ1v) is 8.39. The molecule has 0 unspecified atom stereocenters. The van der Waals surface area contributed by atoms with Crippen molar-refractivity contribution in [3.8, 4) is 0 Å².